The molecule has 0 aliphatic heterocycles. The van der Waals surface area contributed by atoms with E-state index in [1.165, 1.54) is 21.9 Å². The van der Waals surface area contributed by atoms with Gasteiger partial charge in [-0.25, -0.2) is 43.7 Å². The minimum Gasteiger partial charge on any atom is -0.744 e. The maximum Gasteiger partial charge on any atom is 1.00 e. The van der Waals surface area contributed by atoms with Gasteiger partial charge < -0.3 is 57.9 Å². The number of hydrogen-bond donors (Lipinski definition) is 6. The van der Waals surface area contributed by atoms with Crippen LogP contribution in [0.15, 0.2) is 114 Å². The summed E-state index contributed by atoms with van der Waals surface area (Å²) < 4.78 is 155. The SMILES string of the molecule is O=S(=O)([O-])c1ccc(Oc2nc(=Nc3ccc(/C=C/c4ccc(N=c5nc(Oc6ccc(S(=O)(=O)[O-])cc6)[nH]c(N(CCO)CCO)n5)cc4S(=O)(=O)[O-])c(S(=O)(=O)[O-])c3)nc(N(CCO)CCO)[nH]2)cc1.[Na+].[Na+].[Na+].[Na+]. The van der Waals surface area contributed by atoms with Gasteiger partial charge >= 0.3 is 130 Å². The van der Waals surface area contributed by atoms with Crippen molar-refractivity contribution in [1.82, 2.24) is 29.9 Å². The summed E-state index contributed by atoms with van der Waals surface area (Å²) in [7, 11) is -20.2. The molecule has 6 N–H and O–H groups in total. The predicted molar refractivity (Wildman–Crippen MR) is 243 cm³/mol. The first-order valence-corrected chi connectivity index (χ1v) is 26.0. The van der Waals surface area contributed by atoms with E-state index in [9.17, 15) is 72.3 Å². The first kappa shape index (κ1) is 69.0. The fraction of sp³-hybridized carbons (Fsp3) is 0.200. The second-order valence-electron chi connectivity index (χ2n) is 14.4. The molecule has 2 aromatic heterocycles. The van der Waals surface area contributed by atoms with Crippen LogP contribution in [-0.4, -0.2) is 155 Å². The zero-order chi connectivity index (χ0) is 52.4. The monoisotopic (exact) mass is 1170 g/mol. The van der Waals surface area contributed by atoms with Crippen molar-refractivity contribution in [3.8, 4) is 23.5 Å². The van der Waals surface area contributed by atoms with E-state index in [4.69, 9.17) is 9.47 Å². The van der Waals surface area contributed by atoms with Gasteiger partial charge in [0, 0.05) is 26.2 Å². The Morgan fingerprint density at radius 2 is 0.789 bits per heavy atom. The molecule has 0 unspecified atom stereocenters. The summed E-state index contributed by atoms with van der Waals surface area (Å²) in [6, 6.07) is 14.2. The molecule has 0 saturated heterocycles. The number of nitrogens with one attached hydrogen (secondary N) is 2. The Balaban J connectivity index is 0.00000494. The fourth-order valence-electron chi connectivity index (χ4n) is 6.23. The molecule has 0 bridgehead atoms. The normalized spacial score (nSPS) is 12.2. The molecule has 0 saturated carbocycles. The molecule has 28 nitrogen and oxygen atoms in total. The molecular formula is C40H38N10Na4O18S4. The number of benzene rings is 4. The maximum absolute atomic E-state index is 12.6. The van der Waals surface area contributed by atoms with Crippen LogP contribution >= 0.6 is 0 Å². The third kappa shape index (κ3) is 19.9. The van der Waals surface area contributed by atoms with E-state index in [-0.39, 0.29) is 202 Å². The van der Waals surface area contributed by atoms with Crippen LogP contribution in [0.1, 0.15) is 11.1 Å². The van der Waals surface area contributed by atoms with Crippen LogP contribution in [0, 0.1) is 0 Å². The Kier molecular flexibility index (Phi) is 27.7. The number of anilines is 2. The standard InChI is InChI=1S/C40H42N10O18S4.4Na/c51-19-15-49(16-20-52)37-43-35(45-39(47-37)67-29-7-11-31(12-8-29)69(55,56)57)41-27-5-3-25(33(23-27)71(61,62)63)1-2-26-4-6-28(24-34(26)72(64,65)66)42-36-44-38(50(17-21-53)18-22-54)48-40(46-36)68-30-9-13-32(14-10-30)70(58,59)60;;;;/h1-14,23-24,51-54H,15-22H2,(H,55,56,57)(H,58,59,60)(H,61,62,63)(H,64,65,66)(H,41,43,45,47)(H,42,44,46,48);;;;/q;4*+1/p-4/b2-1+;;;;. The first-order chi connectivity index (χ1) is 34.0. The molecule has 36 heteroatoms. The molecule has 0 radical (unpaired) electrons. The molecule has 2 heterocycles. The summed E-state index contributed by atoms with van der Waals surface area (Å²) in [4.78, 5) is 30.5. The number of aromatic nitrogens is 6. The average Bonchev–Trinajstić information content (AvgIpc) is 3.30. The van der Waals surface area contributed by atoms with Crippen molar-refractivity contribution in [2.75, 3.05) is 62.4 Å². The summed E-state index contributed by atoms with van der Waals surface area (Å²) in [5, 5.41) is 38.5. The van der Waals surface area contributed by atoms with Crippen molar-refractivity contribution in [1.29, 1.82) is 0 Å². The van der Waals surface area contributed by atoms with Crippen molar-refractivity contribution < 1.29 is 200 Å². The van der Waals surface area contributed by atoms with Crippen LogP contribution in [0.5, 0.6) is 23.5 Å². The molecule has 6 rings (SSSR count). The van der Waals surface area contributed by atoms with Gasteiger partial charge in [0.05, 0.1) is 57.4 Å². The topological polar surface area (TPSA) is 443 Å². The molecule has 0 aliphatic carbocycles. The second kappa shape index (κ2) is 30.5. The third-order valence-electron chi connectivity index (χ3n) is 9.42. The van der Waals surface area contributed by atoms with Gasteiger partial charge in [-0.3, -0.25) is 9.97 Å². The minimum absolute atomic E-state index is 0. The van der Waals surface area contributed by atoms with Gasteiger partial charge in [-0.15, -0.1) is 0 Å². The fourth-order valence-corrected chi connectivity index (χ4v) is 8.55. The van der Waals surface area contributed by atoms with E-state index < -0.39 is 97.7 Å². The summed E-state index contributed by atoms with van der Waals surface area (Å²) in [5.41, 5.74) is -1.89. The number of ether oxygens (including phenoxy) is 2. The summed E-state index contributed by atoms with van der Waals surface area (Å²) in [6.45, 7) is -1.94. The number of nitrogens with zero attached hydrogens (tertiary/aromatic N) is 8. The van der Waals surface area contributed by atoms with Crippen LogP contribution in [0.3, 0.4) is 0 Å². The average molecular weight is 1170 g/mol. The van der Waals surface area contributed by atoms with Gasteiger partial charge in [-0.05, 0) is 83.9 Å². The molecule has 0 fully saturated rings. The van der Waals surface area contributed by atoms with Crippen LogP contribution in [0.4, 0.5) is 23.3 Å². The largest absolute Gasteiger partial charge is 1.00 e. The van der Waals surface area contributed by atoms with E-state index in [1.807, 2.05) is 0 Å². The van der Waals surface area contributed by atoms with E-state index in [2.05, 4.69) is 39.9 Å². The smallest absolute Gasteiger partial charge is 0.744 e. The predicted octanol–water partition coefficient (Wildman–Crippen LogP) is -12.6. The molecule has 0 amide bonds. The van der Waals surface area contributed by atoms with Crippen molar-refractivity contribution in [2.24, 2.45) is 9.98 Å². The Morgan fingerprint density at radius 3 is 1.07 bits per heavy atom. The molecule has 0 spiro atoms. The molecule has 0 atom stereocenters. The molecular weight excluding hydrogens is 1130 g/mol. The summed E-state index contributed by atoms with van der Waals surface area (Å²) >= 11 is 0. The maximum atomic E-state index is 12.6. The van der Waals surface area contributed by atoms with Gasteiger partial charge in [0.15, 0.2) is 0 Å². The minimum atomic E-state index is -5.33. The van der Waals surface area contributed by atoms with Gasteiger partial charge in [-0.2, -0.15) is 19.9 Å². The second-order valence-corrected chi connectivity index (χ2v) is 19.8. The molecule has 4 aromatic carbocycles. The number of rotatable bonds is 22. The van der Waals surface area contributed by atoms with Gasteiger partial charge in [0.2, 0.25) is 11.9 Å². The Morgan fingerprint density at radius 1 is 0.474 bits per heavy atom. The Labute approximate surface area is 522 Å². The number of aromatic amines is 2. The molecule has 384 valence electrons. The van der Waals surface area contributed by atoms with Crippen molar-refractivity contribution in [3.63, 3.8) is 0 Å². The summed E-state index contributed by atoms with van der Waals surface area (Å²) in [6.07, 6.45) is 2.06. The van der Waals surface area contributed by atoms with E-state index >= 15 is 0 Å². The van der Waals surface area contributed by atoms with E-state index in [1.54, 1.807) is 0 Å². The van der Waals surface area contributed by atoms with E-state index in [0.29, 0.717) is 0 Å². The quantitative estimate of drug-likeness (QED) is 0.0209. The molecule has 0 aliphatic rings. The first-order valence-electron chi connectivity index (χ1n) is 20.3. The van der Waals surface area contributed by atoms with Crippen molar-refractivity contribution in [2.45, 2.75) is 19.6 Å². The van der Waals surface area contributed by atoms with Gasteiger partial charge in [0.25, 0.3) is 11.2 Å². The van der Waals surface area contributed by atoms with Crippen LogP contribution in [-0.2, 0) is 40.5 Å². The van der Waals surface area contributed by atoms with Crippen molar-refractivity contribution >= 4 is 75.9 Å². The number of H-pyrrole nitrogens is 2. The van der Waals surface area contributed by atoms with E-state index in [0.717, 1.165) is 84.9 Å². The number of hydrogen-bond acceptors (Lipinski definition) is 26. The number of aliphatic hydroxyl groups excluding tert-OH is 4. The molecule has 6 aromatic rings. The molecule has 76 heavy (non-hydrogen) atoms. The third-order valence-corrected chi connectivity index (χ3v) is 12.9. The van der Waals surface area contributed by atoms with Crippen molar-refractivity contribution in [3.05, 3.63) is 107 Å². The Hall–Kier alpha value is -3.08. The van der Waals surface area contributed by atoms with Gasteiger partial charge in [-0.1, -0.05) is 24.3 Å². The zero-order valence-corrected chi connectivity index (χ0v) is 51.9. The zero-order valence-electron chi connectivity index (χ0n) is 40.6. The van der Waals surface area contributed by atoms with Crippen LogP contribution < -0.4 is 149 Å². The van der Waals surface area contributed by atoms with Crippen LogP contribution in [0.25, 0.3) is 12.2 Å². The van der Waals surface area contributed by atoms with Gasteiger partial charge in [0.1, 0.15) is 52.0 Å². The van der Waals surface area contributed by atoms with Crippen LogP contribution in [0.2, 0.25) is 0 Å². The Bertz CT molecular complexity index is 3340. The summed E-state index contributed by atoms with van der Waals surface area (Å²) in [5.74, 6) is -0.210. The number of aliphatic hydroxyl groups is 4.